The fourth-order valence-electron chi connectivity index (χ4n) is 4.03. The van der Waals surface area contributed by atoms with Crippen molar-refractivity contribution in [2.75, 3.05) is 4.90 Å². The van der Waals surface area contributed by atoms with Gasteiger partial charge in [-0.2, -0.15) is 0 Å². The van der Waals surface area contributed by atoms with Crippen LogP contribution >= 0.6 is 35.3 Å². The predicted octanol–water partition coefficient (Wildman–Crippen LogP) is 6.69. The smallest absolute Gasteiger partial charge is 0.269 e. The van der Waals surface area contributed by atoms with Gasteiger partial charge in [-0.25, -0.2) is 0 Å². The summed E-state index contributed by atoms with van der Waals surface area (Å²) in [6.07, 6.45) is 1.81. The summed E-state index contributed by atoms with van der Waals surface area (Å²) in [5.74, 6) is 0. The molecule has 0 unspecified atom stereocenters. The zero-order valence-electron chi connectivity index (χ0n) is 18.1. The van der Waals surface area contributed by atoms with E-state index in [1.54, 1.807) is 35.2 Å². The minimum absolute atomic E-state index is 0.00410. The van der Waals surface area contributed by atoms with Gasteiger partial charge in [0, 0.05) is 38.7 Å². The minimum atomic E-state index is -0.389. The molecule has 0 spiro atoms. The van der Waals surface area contributed by atoms with Crippen LogP contribution in [0.5, 0.6) is 0 Å². The lowest BCUT2D eigenvalue weighted by molar-refractivity contribution is -0.384. The van der Waals surface area contributed by atoms with Gasteiger partial charge in [-0.15, -0.1) is 11.3 Å². The van der Waals surface area contributed by atoms with Crippen LogP contribution in [-0.2, 0) is 0 Å². The van der Waals surface area contributed by atoms with Crippen molar-refractivity contribution in [2.24, 2.45) is 0 Å². The predicted molar refractivity (Wildman–Crippen MR) is 141 cm³/mol. The fourth-order valence-corrected chi connectivity index (χ4v) is 6.25. The molecule has 0 aliphatic carbocycles. The van der Waals surface area contributed by atoms with E-state index in [1.165, 1.54) is 22.6 Å². The van der Waals surface area contributed by atoms with Crippen molar-refractivity contribution in [1.82, 2.24) is 10.3 Å². The Morgan fingerprint density at radius 1 is 1.06 bits per heavy atom. The molecule has 1 N–H and O–H groups in total. The number of anilines is 1. The minimum Gasteiger partial charge on any atom is -0.351 e. The number of aryl methyl sites for hydroxylation is 1. The van der Waals surface area contributed by atoms with E-state index >= 15 is 0 Å². The molecule has 1 fully saturated rings. The van der Waals surface area contributed by atoms with Gasteiger partial charge in [-0.05, 0) is 84.7 Å². The Morgan fingerprint density at radius 3 is 2.35 bits per heavy atom. The van der Waals surface area contributed by atoms with E-state index in [4.69, 9.17) is 12.2 Å². The molecule has 1 aliphatic heterocycles. The molecule has 170 valence electrons. The van der Waals surface area contributed by atoms with Crippen molar-refractivity contribution in [3.63, 3.8) is 0 Å². The lowest BCUT2D eigenvalue weighted by atomic mass is 10.0. The third-order valence-electron chi connectivity index (χ3n) is 5.67. The second-order valence-corrected chi connectivity index (χ2v) is 10.3. The van der Waals surface area contributed by atoms with Gasteiger partial charge >= 0.3 is 0 Å². The molecule has 0 saturated carbocycles. The molecule has 0 radical (unpaired) electrons. The number of nitro benzene ring substituents is 1. The Labute approximate surface area is 210 Å². The van der Waals surface area contributed by atoms with E-state index in [0.29, 0.717) is 5.11 Å². The van der Waals surface area contributed by atoms with E-state index in [1.807, 2.05) is 24.4 Å². The number of nitrogens with one attached hydrogen (secondary N) is 1. The van der Waals surface area contributed by atoms with Gasteiger partial charge in [0.15, 0.2) is 5.11 Å². The molecule has 0 amide bonds. The van der Waals surface area contributed by atoms with Crippen LogP contribution in [0.4, 0.5) is 11.4 Å². The van der Waals surface area contributed by atoms with Crippen molar-refractivity contribution < 1.29 is 4.92 Å². The summed E-state index contributed by atoms with van der Waals surface area (Å²) in [6, 6.07) is 22.8. The maximum Gasteiger partial charge on any atom is 0.269 e. The molecule has 3 heterocycles. The van der Waals surface area contributed by atoms with Gasteiger partial charge in [0.2, 0.25) is 0 Å². The maximum atomic E-state index is 10.9. The number of rotatable bonds is 6. The molecule has 2 aromatic heterocycles. The fraction of sp³-hybridized carbons (Fsp3) is 0.120. The first-order chi connectivity index (χ1) is 16.5. The van der Waals surface area contributed by atoms with Crippen molar-refractivity contribution in [3.8, 4) is 0 Å². The molecule has 2 atom stereocenters. The Morgan fingerprint density at radius 2 is 1.76 bits per heavy atom. The Balaban J connectivity index is 1.44. The molecule has 1 saturated heterocycles. The monoisotopic (exact) mass is 504 g/mol. The lowest BCUT2D eigenvalue weighted by Crippen LogP contribution is -2.29. The summed E-state index contributed by atoms with van der Waals surface area (Å²) in [5.41, 5.74) is 3.28. The summed E-state index contributed by atoms with van der Waals surface area (Å²) in [7, 11) is 0. The molecule has 34 heavy (non-hydrogen) atoms. The number of hydrogen-bond donors (Lipinski definition) is 1. The highest BCUT2D eigenvalue weighted by atomic mass is 32.2. The number of non-ortho nitro benzene ring substituents is 1. The van der Waals surface area contributed by atoms with Crippen LogP contribution in [-0.4, -0.2) is 15.0 Å². The standard InChI is InChI=1S/C25H20N4O2S3/c1-16-13-15-33-24(16)23-22(21-4-2-3-14-26-21)27-25(32)28(23)17-5-9-19(10-6-17)34-20-11-7-18(8-12-20)29(30)31/h2-15,22-23H,1H3,(H,27,32)/t22-,23-/m1/s1. The first-order valence-corrected chi connectivity index (χ1v) is 12.7. The van der Waals surface area contributed by atoms with Crippen molar-refractivity contribution in [1.29, 1.82) is 0 Å². The van der Waals surface area contributed by atoms with Crippen LogP contribution in [0.2, 0.25) is 0 Å². The van der Waals surface area contributed by atoms with Gasteiger partial charge in [0.1, 0.15) is 0 Å². The first kappa shape index (κ1) is 22.5. The average molecular weight is 505 g/mol. The topological polar surface area (TPSA) is 71.3 Å². The van der Waals surface area contributed by atoms with Crippen LogP contribution in [0.25, 0.3) is 0 Å². The summed E-state index contributed by atoms with van der Waals surface area (Å²) in [6.45, 7) is 2.13. The highest BCUT2D eigenvalue weighted by Gasteiger charge is 2.41. The van der Waals surface area contributed by atoms with Gasteiger partial charge < -0.3 is 10.2 Å². The number of hydrogen-bond acceptors (Lipinski definition) is 6. The van der Waals surface area contributed by atoms with E-state index in [2.05, 4.69) is 57.8 Å². The summed E-state index contributed by atoms with van der Waals surface area (Å²) in [5, 5.41) is 17.2. The molecule has 1 aliphatic rings. The molecular formula is C25H20N4O2S3. The SMILES string of the molecule is Cc1ccsc1[C@H]1[C@@H](c2ccccn2)NC(=S)N1c1ccc(Sc2ccc([N+](=O)[O-])cc2)cc1. The molecule has 0 bridgehead atoms. The van der Waals surface area contributed by atoms with E-state index in [0.717, 1.165) is 21.2 Å². The van der Waals surface area contributed by atoms with Gasteiger partial charge in [0.05, 0.1) is 22.7 Å². The Bertz CT molecular complexity index is 1320. The number of nitrogens with zero attached hydrogens (tertiary/aromatic N) is 3. The average Bonchev–Trinajstić information content (AvgIpc) is 3.42. The Kier molecular flexibility index (Phi) is 6.32. The van der Waals surface area contributed by atoms with Gasteiger partial charge in [-0.3, -0.25) is 15.1 Å². The van der Waals surface area contributed by atoms with Crippen LogP contribution in [0.3, 0.4) is 0 Å². The molecular weight excluding hydrogens is 485 g/mol. The van der Waals surface area contributed by atoms with Crippen molar-refractivity contribution in [2.45, 2.75) is 28.8 Å². The van der Waals surface area contributed by atoms with E-state index < -0.39 is 0 Å². The number of aromatic nitrogens is 1. The van der Waals surface area contributed by atoms with E-state index in [9.17, 15) is 10.1 Å². The third-order valence-corrected chi connectivity index (χ3v) is 8.09. The third kappa shape index (κ3) is 4.42. The normalized spacial score (nSPS) is 17.6. The van der Waals surface area contributed by atoms with Gasteiger partial charge in [-0.1, -0.05) is 17.8 Å². The van der Waals surface area contributed by atoms with Crippen molar-refractivity contribution in [3.05, 3.63) is 111 Å². The second-order valence-electron chi connectivity index (χ2n) is 7.81. The number of thiocarbonyl (C=S) groups is 1. The van der Waals surface area contributed by atoms with Crippen LogP contribution in [0.15, 0.2) is 94.2 Å². The van der Waals surface area contributed by atoms with Crippen LogP contribution in [0.1, 0.15) is 28.2 Å². The first-order valence-electron chi connectivity index (χ1n) is 10.6. The molecule has 2 aromatic carbocycles. The number of pyridine rings is 1. The molecule has 6 nitrogen and oxygen atoms in total. The zero-order chi connectivity index (χ0) is 23.7. The second kappa shape index (κ2) is 9.54. The quantitative estimate of drug-likeness (QED) is 0.178. The van der Waals surface area contributed by atoms with Crippen LogP contribution < -0.4 is 10.2 Å². The zero-order valence-corrected chi connectivity index (χ0v) is 20.6. The van der Waals surface area contributed by atoms with Gasteiger partial charge in [0.25, 0.3) is 5.69 Å². The summed E-state index contributed by atoms with van der Waals surface area (Å²) >= 11 is 9.09. The highest BCUT2D eigenvalue weighted by molar-refractivity contribution is 7.99. The van der Waals surface area contributed by atoms with E-state index in [-0.39, 0.29) is 22.7 Å². The summed E-state index contributed by atoms with van der Waals surface area (Å²) < 4.78 is 0. The number of benzene rings is 2. The number of thiophene rings is 1. The highest BCUT2D eigenvalue weighted by Crippen LogP contribution is 2.44. The molecule has 4 aromatic rings. The van der Waals surface area contributed by atoms with Crippen LogP contribution in [0, 0.1) is 17.0 Å². The number of nitro groups is 1. The molecule has 9 heteroatoms. The van der Waals surface area contributed by atoms with Crippen molar-refractivity contribution >= 4 is 51.8 Å². The maximum absolute atomic E-state index is 10.9. The Hall–Kier alpha value is -3.27. The summed E-state index contributed by atoms with van der Waals surface area (Å²) in [4.78, 5) is 20.5. The lowest BCUT2D eigenvalue weighted by Gasteiger charge is -2.27. The largest absolute Gasteiger partial charge is 0.351 e. The molecule has 5 rings (SSSR count).